The fraction of sp³-hybridized carbons (Fsp3) is 0.0556. The summed E-state index contributed by atoms with van der Waals surface area (Å²) in [5, 5.41) is 0. The van der Waals surface area contributed by atoms with Gasteiger partial charge in [0.2, 0.25) is 0 Å². The van der Waals surface area contributed by atoms with Crippen LogP contribution in [0.1, 0.15) is 5.56 Å². The molecule has 0 bridgehead atoms. The molecule has 5 nitrogen and oxygen atoms in total. The number of rotatable bonds is 0. The van der Waals surface area contributed by atoms with E-state index in [1.54, 1.807) is 16.3 Å². The van der Waals surface area contributed by atoms with Crippen molar-refractivity contribution in [3.63, 3.8) is 0 Å². The van der Waals surface area contributed by atoms with E-state index >= 15 is 0 Å². The van der Waals surface area contributed by atoms with Gasteiger partial charge in [0, 0.05) is 12.6 Å². The van der Waals surface area contributed by atoms with Crippen LogP contribution in [0.15, 0.2) is 53.3 Å². The van der Waals surface area contributed by atoms with Gasteiger partial charge in [-0.2, -0.15) is 0 Å². The summed E-state index contributed by atoms with van der Waals surface area (Å²) in [4.78, 5) is 32.4. The standard InChI is InChI=1S/C18H11N3O2S/c1-20-12-8-4-2-6-10(12)14(16(20)22)15-17(23)21-13-9-5-3-7-11(13)19-18(21)24-15/h2-9H,1H3/b15-14+. The van der Waals surface area contributed by atoms with Crippen molar-refractivity contribution in [2.24, 2.45) is 0 Å². The normalized spacial score (nSPS) is 16.4. The third kappa shape index (κ3) is 1.55. The Balaban J connectivity index is 1.97. The zero-order chi connectivity index (χ0) is 16.4. The second-order valence-corrected chi connectivity index (χ2v) is 6.69. The summed E-state index contributed by atoms with van der Waals surface area (Å²) in [5.74, 6) is -0.151. The van der Waals surface area contributed by atoms with Crippen LogP contribution in [0.4, 0.5) is 5.69 Å². The average Bonchev–Trinajstić information content (AvgIpc) is 3.19. The minimum Gasteiger partial charge on any atom is -0.311 e. The number of hydrogen-bond acceptors (Lipinski definition) is 4. The summed E-state index contributed by atoms with van der Waals surface area (Å²) < 4.78 is 2.04. The fourth-order valence-corrected chi connectivity index (χ4v) is 4.33. The summed E-state index contributed by atoms with van der Waals surface area (Å²) in [5.41, 5.74) is 3.47. The molecule has 0 saturated heterocycles. The number of carbonyl (C=O) groups excluding carboxylic acids is 1. The van der Waals surface area contributed by atoms with Crippen LogP contribution in [-0.2, 0) is 4.79 Å². The molecule has 6 heteroatoms. The molecule has 0 saturated carbocycles. The molecule has 1 aliphatic heterocycles. The van der Waals surface area contributed by atoms with Gasteiger partial charge in [-0.1, -0.05) is 41.7 Å². The number of para-hydroxylation sites is 3. The molecule has 1 amide bonds. The number of likely N-dealkylation sites (N-methyl/N-ethyl adjacent to an activating group) is 1. The van der Waals surface area contributed by atoms with E-state index in [0.29, 0.717) is 15.1 Å². The van der Waals surface area contributed by atoms with E-state index in [2.05, 4.69) is 4.98 Å². The first-order valence-corrected chi connectivity index (χ1v) is 8.30. The highest BCUT2D eigenvalue weighted by Crippen LogP contribution is 2.33. The Bertz CT molecular complexity index is 1270. The van der Waals surface area contributed by atoms with E-state index in [9.17, 15) is 9.59 Å². The van der Waals surface area contributed by atoms with Crippen LogP contribution in [0.3, 0.4) is 0 Å². The molecule has 5 rings (SSSR count). The lowest BCUT2D eigenvalue weighted by atomic mass is 10.1. The second kappa shape index (κ2) is 4.52. The first-order chi connectivity index (χ1) is 11.7. The molecule has 1 aliphatic rings. The largest absolute Gasteiger partial charge is 0.311 e. The van der Waals surface area contributed by atoms with Gasteiger partial charge in [0.15, 0.2) is 4.96 Å². The Morgan fingerprint density at radius 2 is 1.75 bits per heavy atom. The highest BCUT2D eigenvalue weighted by molar-refractivity contribution is 7.15. The van der Waals surface area contributed by atoms with E-state index in [4.69, 9.17) is 0 Å². The van der Waals surface area contributed by atoms with Gasteiger partial charge in [0.1, 0.15) is 4.53 Å². The number of imidazole rings is 1. The first kappa shape index (κ1) is 13.4. The van der Waals surface area contributed by atoms with Crippen LogP contribution in [0.5, 0.6) is 0 Å². The Kier molecular flexibility index (Phi) is 2.53. The van der Waals surface area contributed by atoms with Gasteiger partial charge >= 0.3 is 0 Å². The Labute approximate surface area is 140 Å². The van der Waals surface area contributed by atoms with Gasteiger partial charge in [-0.3, -0.25) is 9.59 Å². The monoisotopic (exact) mass is 333 g/mol. The number of hydrogen-bond donors (Lipinski definition) is 0. The smallest absolute Gasteiger partial charge is 0.275 e. The molecule has 0 spiro atoms. The van der Waals surface area contributed by atoms with Crippen molar-refractivity contribution < 1.29 is 4.79 Å². The van der Waals surface area contributed by atoms with Crippen molar-refractivity contribution in [3.8, 4) is 0 Å². The molecule has 0 aliphatic carbocycles. The number of anilines is 1. The maximum Gasteiger partial charge on any atom is 0.275 e. The van der Waals surface area contributed by atoms with Crippen molar-refractivity contribution in [3.05, 3.63) is 69.0 Å². The quantitative estimate of drug-likeness (QED) is 0.493. The molecule has 0 N–H and O–H groups in total. The Morgan fingerprint density at radius 1 is 1.00 bits per heavy atom. The van der Waals surface area contributed by atoms with Crippen LogP contribution >= 0.6 is 11.3 Å². The molecular formula is C18H11N3O2S. The van der Waals surface area contributed by atoms with E-state index in [-0.39, 0.29) is 11.5 Å². The lowest BCUT2D eigenvalue weighted by Gasteiger charge is -2.07. The van der Waals surface area contributed by atoms with Crippen LogP contribution in [0.2, 0.25) is 0 Å². The van der Waals surface area contributed by atoms with Gasteiger partial charge in [-0.05, 0) is 18.2 Å². The molecule has 2 aromatic heterocycles. The van der Waals surface area contributed by atoms with Crippen molar-refractivity contribution in [1.29, 1.82) is 0 Å². The van der Waals surface area contributed by atoms with Gasteiger partial charge < -0.3 is 4.90 Å². The Morgan fingerprint density at radius 3 is 2.62 bits per heavy atom. The maximum atomic E-state index is 13.0. The third-order valence-electron chi connectivity index (χ3n) is 4.40. The maximum absolute atomic E-state index is 13.0. The molecule has 3 heterocycles. The zero-order valence-corrected chi connectivity index (χ0v) is 13.5. The molecular weight excluding hydrogens is 322 g/mol. The number of carbonyl (C=O) groups is 1. The minimum atomic E-state index is -0.183. The van der Waals surface area contributed by atoms with E-state index in [1.807, 2.05) is 48.5 Å². The van der Waals surface area contributed by atoms with Crippen molar-refractivity contribution in [2.75, 3.05) is 11.9 Å². The molecule has 0 radical (unpaired) electrons. The van der Waals surface area contributed by atoms with Gasteiger partial charge in [-0.15, -0.1) is 0 Å². The molecule has 0 fully saturated rings. The highest BCUT2D eigenvalue weighted by atomic mass is 32.1. The predicted molar refractivity (Wildman–Crippen MR) is 94.4 cm³/mol. The molecule has 2 aromatic carbocycles. The van der Waals surface area contributed by atoms with Crippen molar-refractivity contribution in [2.45, 2.75) is 0 Å². The van der Waals surface area contributed by atoms with Crippen molar-refractivity contribution in [1.82, 2.24) is 9.38 Å². The number of aromatic nitrogens is 2. The Hall–Kier alpha value is -2.99. The molecule has 116 valence electrons. The van der Waals surface area contributed by atoms with E-state index in [1.165, 1.54) is 11.3 Å². The lowest BCUT2D eigenvalue weighted by molar-refractivity contribution is -0.112. The summed E-state index contributed by atoms with van der Waals surface area (Å²) in [6, 6.07) is 15.1. The van der Waals surface area contributed by atoms with Gasteiger partial charge in [0.05, 0.1) is 22.3 Å². The second-order valence-electron chi connectivity index (χ2n) is 5.71. The average molecular weight is 333 g/mol. The number of benzene rings is 2. The molecule has 24 heavy (non-hydrogen) atoms. The zero-order valence-electron chi connectivity index (χ0n) is 12.7. The number of nitrogens with zero attached hydrogens (tertiary/aromatic N) is 3. The topological polar surface area (TPSA) is 54.7 Å². The van der Waals surface area contributed by atoms with Crippen LogP contribution in [-0.4, -0.2) is 22.3 Å². The van der Waals surface area contributed by atoms with Gasteiger partial charge in [0.25, 0.3) is 11.5 Å². The lowest BCUT2D eigenvalue weighted by Crippen LogP contribution is -2.30. The molecule has 0 unspecified atom stereocenters. The van der Waals surface area contributed by atoms with Crippen LogP contribution < -0.4 is 15.0 Å². The predicted octanol–water partition coefficient (Wildman–Crippen LogP) is 1.80. The van der Waals surface area contributed by atoms with Crippen LogP contribution in [0, 0.1) is 0 Å². The fourth-order valence-electron chi connectivity index (χ4n) is 3.25. The van der Waals surface area contributed by atoms with Crippen molar-refractivity contribution >= 4 is 44.5 Å². The number of thiazole rings is 1. The molecule has 4 aromatic rings. The van der Waals surface area contributed by atoms with Crippen LogP contribution in [0.25, 0.3) is 21.6 Å². The number of fused-ring (bicyclic) bond motifs is 4. The first-order valence-electron chi connectivity index (χ1n) is 7.48. The summed E-state index contributed by atoms with van der Waals surface area (Å²) in [7, 11) is 1.73. The van der Waals surface area contributed by atoms with E-state index in [0.717, 1.165) is 22.3 Å². The summed E-state index contributed by atoms with van der Waals surface area (Å²) in [6.07, 6.45) is 0. The van der Waals surface area contributed by atoms with E-state index < -0.39 is 0 Å². The molecule has 0 atom stereocenters. The highest BCUT2D eigenvalue weighted by Gasteiger charge is 2.31. The summed E-state index contributed by atoms with van der Waals surface area (Å²) >= 11 is 1.27. The SMILES string of the molecule is CN1C(=O)/C(=c2/sc3nc4ccccc4n3c2=O)c2ccccc21. The van der Waals surface area contributed by atoms with Gasteiger partial charge in [-0.25, -0.2) is 9.38 Å². The summed E-state index contributed by atoms with van der Waals surface area (Å²) in [6.45, 7) is 0. The number of amides is 1. The third-order valence-corrected chi connectivity index (χ3v) is 5.44. The minimum absolute atomic E-state index is 0.151.